The van der Waals surface area contributed by atoms with Crippen molar-refractivity contribution in [3.05, 3.63) is 135 Å². The molecule has 3 aliphatic rings. The molecule has 0 aliphatic carbocycles. The number of aromatic nitrogens is 1. The van der Waals surface area contributed by atoms with Crippen LogP contribution in [0, 0.1) is 0 Å². The maximum Gasteiger partial charge on any atom is 0.258 e. The molecule has 3 aliphatic heterocycles. The number of nitrogens with zero attached hydrogens (tertiary/aromatic N) is 6. The third-order valence-electron chi connectivity index (χ3n) is 12.5. The second-order valence-electron chi connectivity index (χ2n) is 18.0. The molecule has 0 radical (unpaired) electrons. The van der Waals surface area contributed by atoms with Crippen LogP contribution < -0.4 is 17.0 Å². The number of aliphatic hydroxyl groups is 1. The smallest absolute Gasteiger partial charge is 0.258 e. The first-order valence-electron chi connectivity index (χ1n) is 24.4. The van der Waals surface area contributed by atoms with Crippen molar-refractivity contribution in [1.29, 1.82) is 0 Å². The summed E-state index contributed by atoms with van der Waals surface area (Å²) in [6.07, 6.45) is 17.5. The Balaban J connectivity index is 0.000000201. The number of aldehydes is 2. The summed E-state index contributed by atoms with van der Waals surface area (Å²) in [6.45, 7) is 11.7. The van der Waals surface area contributed by atoms with Crippen molar-refractivity contribution < 1.29 is 19.5 Å². The summed E-state index contributed by atoms with van der Waals surface area (Å²) >= 11 is 0. The summed E-state index contributed by atoms with van der Waals surface area (Å²) in [7, 11) is 4.17. The van der Waals surface area contributed by atoms with Crippen LogP contribution in [0.1, 0.15) is 92.8 Å². The first kappa shape index (κ1) is 52.2. The lowest BCUT2D eigenvalue weighted by atomic mass is 9.97. The normalized spacial score (nSPS) is 14.3. The highest BCUT2D eigenvalue weighted by Gasteiger charge is 2.23. The Morgan fingerprint density at radius 3 is 1.94 bits per heavy atom. The van der Waals surface area contributed by atoms with E-state index in [2.05, 4.69) is 47.6 Å². The van der Waals surface area contributed by atoms with E-state index in [1.54, 1.807) is 12.3 Å². The number of fused-ring (bicyclic) bond motifs is 3. The van der Waals surface area contributed by atoms with Crippen molar-refractivity contribution in [3.63, 3.8) is 0 Å². The fourth-order valence-corrected chi connectivity index (χ4v) is 8.62. The number of piperidine rings is 1. The van der Waals surface area contributed by atoms with Crippen molar-refractivity contribution in [3.8, 4) is 22.3 Å². The molecule has 13 nitrogen and oxygen atoms in total. The number of hydrogen-bond donors (Lipinski definition) is 3. The monoisotopic (exact) mass is 945 g/mol. The molecule has 5 aromatic rings. The molecule has 0 unspecified atom stereocenters. The van der Waals surface area contributed by atoms with Crippen molar-refractivity contribution in [2.75, 3.05) is 53.4 Å². The van der Waals surface area contributed by atoms with Crippen molar-refractivity contribution in [2.24, 2.45) is 21.5 Å². The number of amidine groups is 2. The lowest BCUT2D eigenvalue weighted by Gasteiger charge is -2.27. The van der Waals surface area contributed by atoms with Gasteiger partial charge in [-0.15, -0.1) is 0 Å². The molecule has 1 fully saturated rings. The average Bonchev–Trinajstić information content (AvgIpc) is 3.65. The van der Waals surface area contributed by atoms with Gasteiger partial charge in [-0.2, -0.15) is 0 Å². The SMILES string of the molecule is CCCN(C)CCC.CCN(C)/C=C\c1cc(-c2ccc3c(c2)N=C(N)CC(C(=O)N2CCCCC2)=C3)ccc1C=O.NC1=Nc2cc(-c3ccc4ccn(CCO)c(=O)c4c3)ccc2C=C(C=O)C1. The maximum atomic E-state index is 13.1. The van der Waals surface area contributed by atoms with Gasteiger partial charge >= 0.3 is 0 Å². The van der Waals surface area contributed by atoms with Gasteiger partial charge in [0, 0.05) is 85.5 Å². The Labute approximate surface area is 412 Å². The van der Waals surface area contributed by atoms with Gasteiger partial charge in [0.25, 0.3) is 5.56 Å². The lowest BCUT2D eigenvalue weighted by Crippen LogP contribution is -2.37. The van der Waals surface area contributed by atoms with E-state index in [1.807, 2.05) is 109 Å². The number of benzene rings is 4. The average molecular weight is 945 g/mol. The largest absolute Gasteiger partial charge is 0.395 e. The molecule has 70 heavy (non-hydrogen) atoms. The summed E-state index contributed by atoms with van der Waals surface area (Å²) in [5.74, 6) is 0.891. The molecule has 4 heterocycles. The number of aliphatic imine (C=N–C) groups is 2. The van der Waals surface area contributed by atoms with Gasteiger partial charge in [0.05, 0.1) is 18.0 Å². The summed E-state index contributed by atoms with van der Waals surface area (Å²) < 4.78 is 1.50. The number of nitrogens with two attached hydrogens (primary N) is 2. The van der Waals surface area contributed by atoms with Gasteiger partial charge in [-0.25, -0.2) is 9.98 Å². The van der Waals surface area contributed by atoms with E-state index in [0.29, 0.717) is 52.3 Å². The summed E-state index contributed by atoms with van der Waals surface area (Å²) in [5, 5.41) is 10.6. The Bertz CT molecular complexity index is 2880. The number of rotatable bonds is 14. The highest BCUT2D eigenvalue weighted by atomic mass is 16.3. The van der Waals surface area contributed by atoms with Crippen molar-refractivity contribution in [1.82, 2.24) is 19.3 Å². The van der Waals surface area contributed by atoms with E-state index in [-0.39, 0.29) is 24.6 Å². The number of carbonyl (C=O) groups excluding carboxylic acids is 3. The number of hydrogen-bond acceptors (Lipinski definition) is 11. The maximum absolute atomic E-state index is 13.1. The minimum absolute atomic E-state index is 0.0627. The highest BCUT2D eigenvalue weighted by Crippen LogP contribution is 2.34. The van der Waals surface area contributed by atoms with Crippen LogP contribution in [0.15, 0.2) is 117 Å². The Hall–Kier alpha value is -7.22. The third kappa shape index (κ3) is 13.7. The van der Waals surface area contributed by atoms with Crippen LogP contribution in [0.3, 0.4) is 0 Å². The molecule has 1 saturated heterocycles. The molecule has 0 bridgehead atoms. The van der Waals surface area contributed by atoms with Crippen LogP contribution in [-0.2, 0) is 16.1 Å². The van der Waals surface area contributed by atoms with Crippen molar-refractivity contribution >= 4 is 70.5 Å². The molecule has 4 aromatic carbocycles. The van der Waals surface area contributed by atoms with E-state index >= 15 is 0 Å². The number of carbonyl (C=O) groups is 3. The molecule has 1 aromatic heterocycles. The molecule has 0 saturated carbocycles. The molecule has 366 valence electrons. The molecule has 8 rings (SSSR count). The predicted molar refractivity (Wildman–Crippen MR) is 288 cm³/mol. The first-order chi connectivity index (χ1) is 33.9. The van der Waals surface area contributed by atoms with E-state index in [1.165, 1.54) is 36.9 Å². The van der Waals surface area contributed by atoms with Crippen LogP contribution in [-0.4, -0.2) is 108 Å². The minimum atomic E-state index is -0.135. The second-order valence-corrected chi connectivity index (χ2v) is 18.0. The van der Waals surface area contributed by atoms with Gasteiger partial charge in [0.1, 0.15) is 18.0 Å². The molecule has 1 amide bonds. The molecule has 13 heteroatoms. The van der Waals surface area contributed by atoms with Gasteiger partial charge < -0.3 is 35.8 Å². The van der Waals surface area contributed by atoms with Crippen LogP contribution >= 0.6 is 0 Å². The highest BCUT2D eigenvalue weighted by molar-refractivity contribution is 6.06. The van der Waals surface area contributed by atoms with E-state index < -0.39 is 0 Å². The quantitative estimate of drug-likeness (QED) is 0.0915. The zero-order chi connectivity index (χ0) is 50.2. The van der Waals surface area contributed by atoms with Gasteiger partial charge in [0.2, 0.25) is 5.91 Å². The van der Waals surface area contributed by atoms with Crippen LogP contribution in [0.25, 0.3) is 51.3 Å². The number of amides is 1. The van der Waals surface area contributed by atoms with E-state index in [0.717, 1.165) is 95.1 Å². The van der Waals surface area contributed by atoms with Crippen LogP contribution in [0.5, 0.6) is 0 Å². The van der Waals surface area contributed by atoms with Gasteiger partial charge in [-0.3, -0.25) is 19.2 Å². The summed E-state index contributed by atoms with van der Waals surface area (Å²) in [6, 6.07) is 25.1. The number of likely N-dealkylation sites (tertiary alicyclic amines) is 1. The zero-order valence-corrected chi connectivity index (χ0v) is 41.4. The molecular weight excluding hydrogens is 877 g/mol. The Morgan fingerprint density at radius 1 is 0.729 bits per heavy atom. The fourth-order valence-electron chi connectivity index (χ4n) is 8.62. The van der Waals surface area contributed by atoms with E-state index in [4.69, 9.17) is 16.6 Å². The fraction of sp³-hybridized carbons (Fsp3) is 0.333. The Morgan fingerprint density at radius 2 is 1.33 bits per heavy atom. The zero-order valence-electron chi connectivity index (χ0n) is 41.4. The number of aliphatic hydroxyl groups excluding tert-OH is 1. The van der Waals surface area contributed by atoms with Crippen molar-refractivity contribution in [2.45, 2.75) is 72.3 Å². The molecule has 0 spiro atoms. The van der Waals surface area contributed by atoms with Gasteiger partial charge in [-0.05, 0) is 147 Å². The van der Waals surface area contributed by atoms with Gasteiger partial charge in [0.15, 0.2) is 6.29 Å². The molecule has 5 N–H and O–H groups in total. The predicted octanol–water partition coefficient (Wildman–Crippen LogP) is 9.25. The van der Waals surface area contributed by atoms with E-state index in [9.17, 15) is 19.2 Å². The number of pyridine rings is 1. The third-order valence-corrected chi connectivity index (χ3v) is 12.5. The molecular formula is C57H68N8O5. The van der Waals surface area contributed by atoms with Crippen LogP contribution in [0.4, 0.5) is 11.4 Å². The van der Waals surface area contributed by atoms with Gasteiger partial charge in [-0.1, -0.05) is 62.4 Å². The molecule has 0 atom stereocenters. The second kappa shape index (κ2) is 25.4. The lowest BCUT2D eigenvalue weighted by molar-refractivity contribution is -0.127. The summed E-state index contributed by atoms with van der Waals surface area (Å²) in [4.78, 5) is 63.9. The summed E-state index contributed by atoms with van der Waals surface area (Å²) in [5.41, 5.74) is 21.7. The van der Waals surface area contributed by atoms with Crippen LogP contribution in [0.2, 0.25) is 0 Å². The Kier molecular flexibility index (Phi) is 18.9. The first-order valence-corrected chi connectivity index (χ1v) is 24.4. The topological polar surface area (TPSA) is 180 Å². The standard InChI is InChI=1S/C28H32N4O2.C22H19N3O3.C7H17N/c1-3-31(2)14-11-22-15-20(8-10-24(22)19-33)21-7-9-23-16-25(18-27(29)30-26(23)17-21)28(34)32-12-5-4-6-13-32;23-21-10-14(13-27)9-18-4-3-17(12-20(18)24-21)16-2-1-15-5-6-25(7-8-26)22(28)19(15)11-16;1-4-6-8(3)7-5-2/h7-11,14-17,19H,3-6,12-13,18H2,1-2H3,(H2,29,30);1-6,9,11-13,26H,7-8,10H2,(H2,23,24);4-7H2,1-3H3/b14-11-;;. The minimum Gasteiger partial charge on any atom is -0.395 e.